The second kappa shape index (κ2) is 3.52. The number of aliphatic hydroxyl groups excluding tert-OH is 1. The molecular formula is C7H13ClO3S. The first-order valence-corrected chi connectivity index (χ1v) is 6.18. The molecule has 0 bridgehead atoms. The van der Waals surface area contributed by atoms with E-state index in [9.17, 15) is 13.5 Å². The van der Waals surface area contributed by atoms with E-state index in [1.807, 2.05) is 0 Å². The molecule has 2 unspecified atom stereocenters. The Morgan fingerprint density at radius 1 is 1.58 bits per heavy atom. The van der Waals surface area contributed by atoms with Crippen LogP contribution in [0.15, 0.2) is 0 Å². The molecule has 0 aromatic heterocycles. The van der Waals surface area contributed by atoms with E-state index in [4.69, 9.17) is 11.6 Å². The molecule has 1 aliphatic rings. The molecule has 1 aliphatic carbocycles. The van der Waals surface area contributed by atoms with Crippen molar-refractivity contribution in [2.75, 3.05) is 5.75 Å². The van der Waals surface area contributed by atoms with Gasteiger partial charge in [-0.2, -0.15) is 0 Å². The Hall–Kier alpha value is 0.200. The molecule has 1 fully saturated rings. The van der Waals surface area contributed by atoms with E-state index < -0.39 is 20.7 Å². The summed E-state index contributed by atoms with van der Waals surface area (Å²) in [5.41, 5.74) is 0. The molecule has 5 heteroatoms. The van der Waals surface area contributed by atoms with Crippen LogP contribution >= 0.6 is 11.6 Å². The molecule has 0 aromatic rings. The Labute approximate surface area is 77.6 Å². The molecule has 0 spiro atoms. The molecular weight excluding hydrogens is 200 g/mol. The first kappa shape index (κ1) is 10.3. The van der Waals surface area contributed by atoms with Gasteiger partial charge in [-0.1, -0.05) is 6.92 Å². The van der Waals surface area contributed by atoms with Crippen LogP contribution in [-0.2, 0) is 9.84 Å². The topological polar surface area (TPSA) is 54.4 Å². The van der Waals surface area contributed by atoms with Gasteiger partial charge in [0.25, 0.3) is 0 Å². The monoisotopic (exact) mass is 212 g/mol. The third-order valence-electron chi connectivity index (χ3n) is 2.12. The lowest BCUT2D eigenvalue weighted by molar-refractivity contribution is 0.164. The van der Waals surface area contributed by atoms with Crippen molar-refractivity contribution in [2.24, 2.45) is 5.92 Å². The van der Waals surface area contributed by atoms with Gasteiger partial charge < -0.3 is 5.11 Å². The van der Waals surface area contributed by atoms with Gasteiger partial charge in [0, 0.05) is 5.75 Å². The number of aliphatic hydroxyl groups is 1. The van der Waals surface area contributed by atoms with Crippen LogP contribution in [0.4, 0.5) is 0 Å². The number of halogens is 1. The summed E-state index contributed by atoms with van der Waals surface area (Å²) in [6.07, 6.45) is 0.907. The van der Waals surface area contributed by atoms with Crippen LogP contribution in [0.2, 0.25) is 0 Å². The lowest BCUT2D eigenvalue weighted by Crippen LogP contribution is -2.31. The molecule has 1 rings (SSSR count). The maximum Gasteiger partial charge on any atom is 0.169 e. The smallest absolute Gasteiger partial charge is 0.169 e. The van der Waals surface area contributed by atoms with Gasteiger partial charge in [-0.25, -0.2) is 8.42 Å². The van der Waals surface area contributed by atoms with Crippen LogP contribution in [0.5, 0.6) is 0 Å². The summed E-state index contributed by atoms with van der Waals surface area (Å²) >= 11 is 5.62. The molecule has 0 aromatic carbocycles. The van der Waals surface area contributed by atoms with E-state index in [1.165, 1.54) is 6.92 Å². The third kappa shape index (κ3) is 2.12. The standard InChI is InChI=1S/C7H13ClO3S/c1-2-12(10,11)7(8)6(9)5-3-4-5/h5-7,9H,2-4H2,1H3. The van der Waals surface area contributed by atoms with Crippen molar-refractivity contribution in [2.45, 2.75) is 30.6 Å². The first-order valence-electron chi connectivity index (χ1n) is 4.02. The SMILES string of the molecule is CCS(=O)(=O)C(Cl)C(O)C1CC1. The van der Waals surface area contributed by atoms with Crippen LogP contribution in [0.1, 0.15) is 19.8 Å². The van der Waals surface area contributed by atoms with Gasteiger partial charge in [-0.3, -0.25) is 0 Å². The lowest BCUT2D eigenvalue weighted by Gasteiger charge is -2.15. The Balaban J connectivity index is 2.62. The fourth-order valence-electron chi connectivity index (χ4n) is 1.02. The van der Waals surface area contributed by atoms with Gasteiger partial charge in [0.05, 0.1) is 6.10 Å². The minimum absolute atomic E-state index is 0.00898. The Morgan fingerprint density at radius 2 is 2.08 bits per heavy atom. The molecule has 12 heavy (non-hydrogen) atoms. The van der Waals surface area contributed by atoms with E-state index >= 15 is 0 Å². The number of hydrogen-bond acceptors (Lipinski definition) is 3. The highest BCUT2D eigenvalue weighted by Crippen LogP contribution is 2.36. The zero-order valence-corrected chi connectivity index (χ0v) is 8.48. The van der Waals surface area contributed by atoms with E-state index in [1.54, 1.807) is 0 Å². The number of rotatable bonds is 4. The first-order chi connectivity index (χ1) is 5.49. The molecule has 1 saturated carbocycles. The van der Waals surface area contributed by atoms with Crippen LogP contribution in [0, 0.1) is 5.92 Å². The highest BCUT2D eigenvalue weighted by atomic mass is 35.5. The molecule has 0 heterocycles. The summed E-state index contributed by atoms with van der Waals surface area (Å²) in [6, 6.07) is 0. The fourth-order valence-corrected chi connectivity index (χ4v) is 2.57. The second-order valence-electron chi connectivity index (χ2n) is 3.13. The molecule has 3 nitrogen and oxygen atoms in total. The minimum atomic E-state index is -3.29. The molecule has 1 N–H and O–H groups in total. The van der Waals surface area contributed by atoms with Crippen LogP contribution < -0.4 is 0 Å². The number of sulfone groups is 1. The summed E-state index contributed by atoms with van der Waals surface area (Å²) in [5.74, 6) is 0.0964. The van der Waals surface area contributed by atoms with Gasteiger partial charge in [0.1, 0.15) is 0 Å². The largest absolute Gasteiger partial charge is 0.390 e. The van der Waals surface area contributed by atoms with Crippen molar-refractivity contribution in [3.05, 3.63) is 0 Å². The van der Waals surface area contributed by atoms with E-state index in [0.29, 0.717) is 0 Å². The summed E-state index contributed by atoms with van der Waals surface area (Å²) < 4.78 is 21.2. The van der Waals surface area contributed by atoms with Gasteiger partial charge in [-0.15, -0.1) is 11.6 Å². The summed E-state index contributed by atoms with van der Waals surface area (Å²) in [5, 5.41) is 9.41. The van der Waals surface area contributed by atoms with Gasteiger partial charge in [0.2, 0.25) is 0 Å². The van der Waals surface area contributed by atoms with Gasteiger partial charge >= 0.3 is 0 Å². The highest BCUT2D eigenvalue weighted by molar-refractivity contribution is 7.93. The van der Waals surface area contributed by atoms with E-state index in [-0.39, 0.29) is 11.7 Å². The van der Waals surface area contributed by atoms with Crippen molar-refractivity contribution in [1.82, 2.24) is 0 Å². The van der Waals surface area contributed by atoms with Crippen LogP contribution in [-0.4, -0.2) is 30.1 Å². The van der Waals surface area contributed by atoms with Crippen molar-refractivity contribution in [1.29, 1.82) is 0 Å². The van der Waals surface area contributed by atoms with Gasteiger partial charge in [0.15, 0.2) is 14.5 Å². The lowest BCUT2D eigenvalue weighted by atomic mass is 10.3. The van der Waals surface area contributed by atoms with Crippen molar-refractivity contribution in [3.8, 4) is 0 Å². The predicted molar refractivity (Wildman–Crippen MR) is 47.8 cm³/mol. The summed E-state index contributed by atoms with van der Waals surface area (Å²) in [4.78, 5) is 0. The Morgan fingerprint density at radius 3 is 2.42 bits per heavy atom. The zero-order valence-electron chi connectivity index (χ0n) is 6.90. The summed E-state index contributed by atoms with van der Waals surface area (Å²) in [7, 11) is -3.29. The predicted octanol–water partition coefficient (Wildman–Crippen LogP) is 0.757. The average Bonchev–Trinajstić information content (AvgIpc) is 2.84. The molecule has 0 saturated heterocycles. The molecule has 0 radical (unpaired) electrons. The third-order valence-corrected chi connectivity index (χ3v) is 4.96. The highest BCUT2D eigenvalue weighted by Gasteiger charge is 2.39. The van der Waals surface area contributed by atoms with Crippen LogP contribution in [0.3, 0.4) is 0 Å². The number of alkyl halides is 1. The van der Waals surface area contributed by atoms with Crippen LogP contribution in [0.25, 0.3) is 0 Å². The average molecular weight is 213 g/mol. The number of hydrogen-bond donors (Lipinski definition) is 1. The molecule has 72 valence electrons. The second-order valence-corrected chi connectivity index (χ2v) is 6.27. The Kier molecular flexibility index (Phi) is 3.01. The minimum Gasteiger partial charge on any atom is -0.390 e. The van der Waals surface area contributed by atoms with Crippen molar-refractivity contribution >= 4 is 21.4 Å². The Bertz CT molecular complexity index is 245. The quantitative estimate of drug-likeness (QED) is 0.700. The maximum atomic E-state index is 11.2. The molecule has 2 atom stereocenters. The molecule has 0 amide bonds. The normalized spacial score (nSPS) is 23.6. The van der Waals surface area contributed by atoms with Gasteiger partial charge in [-0.05, 0) is 18.8 Å². The zero-order chi connectivity index (χ0) is 9.35. The maximum absolute atomic E-state index is 11.2. The van der Waals surface area contributed by atoms with E-state index in [0.717, 1.165) is 12.8 Å². The van der Waals surface area contributed by atoms with E-state index in [2.05, 4.69) is 0 Å². The molecule has 0 aliphatic heterocycles. The van der Waals surface area contributed by atoms with Crippen molar-refractivity contribution in [3.63, 3.8) is 0 Å². The fraction of sp³-hybridized carbons (Fsp3) is 1.00. The van der Waals surface area contributed by atoms with Crippen molar-refractivity contribution < 1.29 is 13.5 Å². The summed E-state index contributed by atoms with van der Waals surface area (Å²) in [6.45, 7) is 1.53.